The lowest BCUT2D eigenvalue weighted by Crippen LogP contribution is -2.63. The minimum absolute atomic E-state index is 0.129. The van der Waals surface area contributed by atoms with Crippen molar-refractivity contribution in [2.24, 2.45) is 11.3 Å². The molecule has 0 spiro atoms. The van der Waals surface area contributed by atoms with E-state index in [4.69, 9.17) is 27.9 Å². The predicted octanol–water partition coefficient (Wildman–Crippen LogP) is 4.98. The summed E-state index contributed by atoms with van der Waals surface area (Å²) >= 11 is 15.9. The summed E-state index contributed by atoms with van der Waals surface area (Å²) in [4.78, 5) is 0. The van der Waals surface area contributed by atoms with Crippen LogP contribution < -0.4 is 5.32 Å². The van der Waals surface area contributed by atoms with E-state index in [2.05, 4.69) is 35.1 Å². The summed E-state index contributed by atoms with van der Waals surface area (Å²) in [5.41, 5.74) is 1.03. The number of hydrogen-bond donors (Lipinski definition) is 1. The zero-order chi connectivity index (χ0) is 13.8. The maximum atomic E-state index is 6.30. The quantitative estimate of drug-likeness (QED) is 0.747. The van der Waals surface area contributed by atoms with Crippen LogP contribution in [0.5, 0.6) is 0 Å². The lowest BCUT2D eigenvalue weighted by atomic mass is 9.57. The van der Waals surface area contributed by atoms with Gasteiger partial charge in [-0.2, -0.15) is 0 Å². The third kappa shape index (κ3) is 2.10. The van der Waals surface area contributed by atoms with Crippen molar-refractivity contribution in [3.63, 3.8) is 0 Å². The number of rotatable bonds is 2. The highest BCUT2D eigenvalue weighted by atomic mass is 79.9. The molecule has 1 aromatic carbocycles. The topological polar surface area (TPSA) is 21.3 Å². The smallest absolute Gasteiger partial charge is 0.0835 e. The number of benzene rings is 1. The van der Waals surface area contributed by atoms with E-state index in [1.165, 1.54) is 0 Å². The third-order valence-electron chi connectivity index (χ3n) is 4.45. The van der Waals surface area contributed by atoms with Crippen molar-refractivity contribution in [1.29, 1.82) is 0 Å². The number of ether oxygens (including phenoxy) is 1. The van der Waals surface area contributed by atoms with Crippen molar-refractivity contribution >= 4 is 44.8 Å². The number of halogens is 3. The Morgan fingerprint density at radius 1 is 1.32 bits per heavy atom. The molecule has 2 fully saturated rings. The molecule has 1 saturated heterocycles. The Morgan fingerprint density at radius 3 is 2.79 bits per heavy atom. The molecule has 0 bridgehead atoms. The molecular weight excluding hydrogens is 349 g/mol. The first-order chi connectivity index (χ1) is 8.93. The molecule has 19 heavy (non-hydrogen) atoms. The van der Waals surface area contributed by atoms with Gasteiger partial charge in [-0.25, -0.2) is 0 Å². The summed E-state index contributed by atoms with van der Waals surface area (Å²) < 4.78 is 6.62. The van der Waals surface area contributed by atoms with E-state index in [0.29, 0.717) is 28.1 Å². The standard InChI is InChI=1S/C14H16BrCl2NO/c1-14(2)12(7-5-6-19-13(7)14)18-9-4-3-8(15)10(16)11(9)17/h3-4,7,12-13,18H,5-6H2,1-2H3. The Balaban J connectivity index is 1.84. The number of anilines is 1. The van der Waals surface area contributed by atoms with Crippen LogP contribution in [0.3, 0.4) is 0 Å². The fourth-order valence-corrected chi connectivity index (χ4v) is 4.25. The molecule has 1 saturated carbocycles. The van der Waals surface area contributed by atoms with Gasteiger partial charge in [-0.15, -0.1) is 0 Å². The van der Waals surface area contributed by atoms with E-state index in [1.54, 1.807) is 0 Å². The van der Waals surface area contributed by atoms with Crippen molar-refractivity contribution in [2.45, 2.75) is 32.4 Å². The van der Waals surface area contributed by atoms with Gasteiger partial charge in [-0.1, -0.05) is 37.0 Å². The predicted molar refractivity (Wildman–Crippen MR) is 83.2 cm³/mol. The maximum Gasteiger partial charge on any atom is 0.0835 e. The zero-order valence-corrected chi connectivity index (χ0v) is 13.9. The van der Waals surface area contributed by atoms with Crippen LogP contribution in [0.2, 0.25) is 10.0 Å². The van der Waals surface area contributed by atoms with E-state index in [9.17, 15) is 0 Å². The van der Waals surface area contributed by atoms with E-state index in [1.807, 2.05) is 12.1 Å². The van der Waals surface area contributed by atoms with Gasteiger partial charge in [-0.3, -0.25) is 0 Å². The summed E-state index contributed by atoms with van der Waals surface area (Å²) in [5, 5.41) is 4.70. The van der Waals surface area contributed by atoms with Crippen LogP contribution in [-0.2, 0) is 4.74 Å². The number of hydrogen-bond acceptors (Lipinski definition) is 2. The Bertz CT molecular complexity index is 520. The second-order valence-electron chi connectivity index (χ2n) is 5.91. The highest BCUT2D eigenvalue weighted by molar-refractivity contribution is 9.10. The number of fused-ring (bicyclic) bond motifs is 1. The van der Waals surface area contributed by atoms with Gasteiger partial charge in [0.1, 0.15) is 0 Å². The molecule has 1 N–H and O–H groups in total. The van der Waals surface area contributed by atoms with Gasteiger partial charge in [0, 0.05) is 28.5 Å². The molecule has 0 amide bonds. The third-order valence-corrected chi connectivity index (χ3v) is 6.22. The molecule has 1 aliphatic heterocycles. The molecule has 0 radical (unpaired) electrons. The van der Waals surface area contributed by atoms with Gasteiger partial charge in [0.15, 0.2) is 0 Å². The summed E-state index contributed by atoms with van der Waals surface area (Å²) in [7, 11) is 0. The fraction of sp³-hybridized carbons (Fsp3) is 0.571. The molecule has 1 aromatic rings. The minimum atomic E-state index is 0.129. The van der Waals surface area contributed by atoms with Crippen LogP contribution in [-0.4, -0.2) is 18.8 Å². The molecule has 104 valence electrons. The van der Waals surface area contributed by atoms with E-state index in [-0.39, 0.29) is 5.41 Å². The highest BCUT2D eigenvalue weighted by Crippen LogP contribution is 2.53. The lowest BCUT2D eigenvalue weighted by molar-refractivity contribution is -0.0923. The van der Waals surface area contributed by atoms with Crippen LogP contribution in [0.4, 0.5) is 5.69 Å². The normalized spacial score (nSPS) is 31.7. The van der Waals surface area contributed by atoms with Gasteiger partial charge >= 0.3 is 0 Å². The molecule has 3 rings (SSSR count). The van der Waals surface area contributed by atoms with Gasteiger partial charge in [0.2, 0.25) is 0 Å². The van der Waals surface area contributed by atoms with Crippen LogP contribution in [0, 0.1) is 11.3 Å². The molecule has 2 nitrogen and oxygen atoms in total. The highest BCUT2D eigenvalue weighted by Gasteiger charge is 2.59. The molecule has 1 heterocycles. The van der Waals surface area contributed by atoms with Crippen molar-refractivity contribution in [1.82, 2.24) is 0 Å². The Morgan fingerprint density at radius 2 is 2.05 bits per heavy atom. The second-order valence-corrected chi connectivity index (χ2v) is 7.52. The van der Waals surface area contributed by atoms with Crippen molar-refractivity contribution in [2.75, 3.05) is 11.9 Å². The molecule has 3 unspecified atom stereocenters. The van der Waals surface area contributed by atoms with Crippen LogP contribution >= 0.6 is 39.1 Å². The van der Waals surface area contributed by atoms with Gasteiger partial charge in [-0.05, 0) is 34.5 Å². The summed E-state index contributed by atoms with van der Waals surface area (Å²) in [6.45, 7) is 5.35. The molecule has 2 aliphatic rings. The van der Waals surface area contributed by atoms with Crippen molar-refractivity contribution in [3.8, 4) is 0 Å². The van der Waals surface area contributed by atoms with Crippen molar-refractivity contribution < 1.29 is 4.74 Å². The average molecular weight is 365 g/mol. The first kappa shape index (κ1) is 14.0. The molecule has 0 aromatic heterocycles. The van der Waals surface area contributed by atoms with Crippen molar-refractivity contribution in [3.05, 3.63) is 26.7 Å². The Hall–Kier alpha value is 0.0400. The summed E-state index contributed by atoms with van der Waals surface area (Å²) in [6.07, 6.45) is 1.49. The molecular formula is C14H16BrCl2NO. The lowest BCUT2D eigenvalue weighted by Gasteiger charge is -2.55. The van der Waals surface area contributed by atoms with Gasteiger partial charge in [0.05, 0.1) is 21.8 Å². The summed E-state index contributed by atoms with van der Waals surface area (Å²) in [6, 6.07) is 4.28. The van der Waals surface area contributed by atoms with Crippen LogP contribution in [0.1, 0.15) is 20.3 Å². The first-order valence-electron chi connectivity index (χ1n) is 6.44. The van der Waals surface area contributed by atoms with Gasteiger partial charge in [0.25, 0.3) is 0 Å². The monoisotopic (exact) mass is 363 g/mol. The summed E-state index contributed by atoms with van der Waals surface area (Å²) in [5.74, 6) is 0.577. The molecule has 3 atom stereocenters. The Kier molecular flexibility index (Phi) is 3.54. The number of nitrogens with one attached hydrogen (secondary N) is 1. The second kappa shape index (κ2) is 4.80. The van der Waals surface area contributed by atoms with E-state index < -0.39 is 0 Å². The zero-order valence-electron chi connectivity index (χ0n) is 10.8. The van der Waals surface area contributed by atoms with Crippen LogP contribution in [0.25, 0.3) is 0 Å². The minimum Gasteiger partial charge on any atom is -0.380 e. The van der Waals surface area contributed by atoms with E-state index in [0.717, 1.165) is 23.2 Å². The van der Waals surface area contributed by atoms with E-state index >= 15 is 0 Å². The molecule has 1 aliphatic carbocycles. The van der Waals surface area contributed by atoms with Gasteiger partial charge < -0.3 is 10.1 Å². The molecule has 5 heteroatoms. The fourth-order valence-electron chi connectivity index (χ4n) is 3.42. The van der Waals surface area contributed by atoms with Crippen LogP contribution in [0.15, 0.2) is 16.6 Å². The average Bonchev–Trinajstić information content (AvgIpc) is 2.82. The SMILES string of the molecule is CC1(C)C(Nc2ccc(Br)c(Cl)c2Cl)C2CCOC21. The Labute approximate surface area is 131 Å². The first-order valence-corrected chi connectivity index (χ1v) is 7.99. The largest absolute Gasteiger partial charge is 0.380 e. The maximum absolute atomic E-state index is 6.30.